The van der Waals surface area contributed by atoms with Crippen molar-refractivity contribution in [3.8, 4) is 17.0 Å². The molecule has 252 valence electrons. The van der Waals surface area contributed by atoms with Crippen LogP contribution in [0.4, 0.5) is 11.5 Å². The zero-order chi connectivity index (χ0) is 32.6. The number of aromatic nitrogens is 4. The number of nitrogens with zero attached hydrogens (tertiary/aromatic N) is 6. The molecule has 1 aromatic carbocycles. The van der Waals surface area contributed by atoms with Crippen molar-refractivity contribution in [2.45, 2.75) is 88.0 Å². The van der Waals surface area contributed by atoms with Gasteiger partial charge in [0.05, 0.1) is 17.3 Å². The third kappa shape index (κ3) is 4.96. The molecule has 3 aromatic rings. The summed E-state index contributed by atoms with van der Waals surface area (Å²) in [5.74, 6) is 3.23. The van der Waals surface area contributed by atoms with Gasteiger partial charge in [-0.2, -0.15) is 0 Å². The Balaban J connectivity index is 0.814. The summed E-state index contributed by atoms with van der Waals surface area (Å²) < 4.78 is 0. The second-order valence-electron chi connectivity index (χ2n) is 16.3. The lowest BCUT2D eigenvalue weighted by Gasteiger charge is -2.55. The van der Waals surface area contributed by atoms with Gasteiger partial charge in [0, 0.05) is 42.5 Å². The van der Waals surface area contributed by atoms with Gasteiger partial charge in [-0.3, -0.25) is 4.79 Å². The Morgan fingerprint density at radius 1 is 0.938 bits per heavy atom. The van der Waals surface area contributed by atoms with Gasteiger partial charge in [-0.05, 0) is 137 Å². The number of rotatable bonds is 6. The van der Waals surface area contributed by atoms with Gasteiger partial charge >= 0.3 is 5.97 Å². The Kier molecular flexibility index (Phi) is 7.19. The summed E-state index contributed by atoms with van der Waals surface area (Å²) in [5.41, 5.74) is 10.4. The first-order valence-corrected chi connectivity index (χ1v) is 18.2. The Bertz CT molecular complexity index is 1690. The van der Waals surface area contributed by atoms with Gasteiger partial charge < -0.3 is 25.7 Å². The van der Waals surface area contributed by atoms with E-state index in [-0.39, 0.29) is 17.1 Å². The minimum Gasteiger partial charge on any atom is -0.507 e. The fourth-order valence-electron chi connectivity index (χ4n) is 11.2. The summed E-state index contributed by atoms with van der Waals surface area (Å²) in [7, 11) is 0. The van der Waals surface area contributed by atoms with Crippen molar-refractivity contribution in [1.29, 1.82) is 0 Å². The van der Waals surface area contributed by atoms with E-state index in [0.29, 0.717) is 52.2 Å². The molecular formula is C38H47N7O3. The average molecular weight is 650 g/mol. The zero-order valence-electron chi connectivity index (χ0n) is 27.7. The molecule has 6 fully saturated rings. The van der Waals surface area contributed by atoms with Crippen molar-refractivity contribution in [2.75, 3.05) is 36.8 Å². The average Bonchev–Trinajstić information content (AvgIpc) is 3.28. The minimum absolute atomic E-state index is 0.107. The van der Waals surface area contributed by atoms with Gasteiger partial charge in [-0.15, -0.1) is 10.2 Å². The number of piperidine rings is 1. The molecule has 2 aromatic heterocycles. The predicted molar refractivity (Wildman–Crippen MR) is 182 cm³/mol. The molecule has 4 saturated carbocycles. The molecule has 10 nitrogen and oxygen atoms in total. The van der Waals surface area contributed by atoms with E-state index in [9.17, 15) is 15.0 Å². The summed E-state index contributed by atoms with van der Waals surface area (Å²) in [4.78, 5) is 26.7. The number of hydrogen-bond acceptors (Lipinski definition) is 9. The number of carboxylic acid groups (broad SMARTS) is 1. The first-order valence-electron chi connectivity index (χ1n) is 18.2. The fraction of sp³-hybridized carbons (Fsp3) is 0.605. The highest BCUT2D eigenvalue weighted by molar-refractivity contribution is 5.74. The van der Waals surface area contributed by atoms with E-state index in [0.717, 1.165) is 76.2 Å². The number of carboxylic acids is 1. The highest BCUT2D eigenvalue weighted by Crippen LogP contribution is 2.64. The van der Waals surface area contributed by atoms with Crippen molar-refractivity contribution in [3.63, 3.8) is 0 Å². The Labute approximate surface area is 282 Å². The van der Waals surface area contributed by atoms with Crippen molar-refractivity contribution >= 4 is 17.5 Å². The summed E-state index contributed by atoms with van der Waals surface area (Å²) in [6.45, 7) is 4.16. The van der Waals surface area contributed by atoms with Gasteiger partial charge in [0.2, 0.25) is 0 Å². The molecule has 4 N–H and O–H groups in total. The Morgan fingerprint density at radius 2 is 1.69 bits per heavy atom. The van der Waals surface area contributed by atoms with E-state index in [2.05, 4.69) is 32.4 Å². The normalized spacial score (nSPS) is 34.8. The van der Waals surface area contributed by atoms with Crippen LogP contribution in [0.2, 0.25) is 0 Å². The van der Waals surface area contributed by atoms with Crippen LogP contribution >= 0.6 is 0 Å². The molecule has 4 unspecified atom stereocenters. The quantitative estimate of drug-likeness (QED) is 0.308. The van der Waals surface area contributed by atoms with E-state index in [1.54, 1.807) is 6.07 Å². The number of para-hydroxylation sites is 1. The van der Waals surface area contributed by atoms with Crippen molar-refractivity contribution in [2.24, 2.45) is 29.1 Å². The Morgan fingerprint density at radius 3 is 2.42 bits per heavy atom. The summed E-state index contributed by atoms with van der Waals surface area (Å²) >= 11 is 0. The smallest absolute Gasteiger partial charge is 0.306 e. The van der Waals surface area contributed by atoms with Crippen LogP contribution in [0.25, 0.3) is 11.3 Å². The summed E-state index contributed by atoms with van der Waals surface area (Å²) in [5, 5.41) is 28.4. The molecule has 2 saturated heterocycles. The first kappa shape index (κ1) is 30.3. The van der Waals surface area contributed by atoms with Gasteiger partial charge in [0.25, 0.3) is 0 Å². The highest BCUT2D eigenvalue weighted by atomic mass is 16.4. The van der Waals surface area contributed by atoms with Crippen LogP contribution in [0.3, 0.4) is 0 Å². The number of phenols is 1. The van der Waals surface area contributed by atoms with Crippen molar-refractivity contribution in [3.05, 3.63) is 54.1 Å². The molecule has 4 atom stereocenters. The van der Waals surface area contributed by atoms with Crippen LogP contribution in [0.1, 0.15) is 87.9 Å². The van der Waals surface area contributed by atoms with Gasteiger partial charge in [-0.25, -0.2) is 9.97 Å². The van der Waals surface area contributed by atoms with Crippen LogP contribution < -0.4 is 10.6 Å². The Hall–Kier alpha value is -3.79. The molecule has 4 aliphatic carbocycles. The lowest BCUT2D eigenvalue weighted by molar-refractivity contribution is -0.145. The number of fused-ring (bicyclic) bond motifs is 1. The van der Waals surface area contributed by atoms with Crippen LogP contribution in [0.5, 0.6) is 5.75 Å². The van der Waals surface area contributed by atoms with E-state index in [1.807, 2.05) is 24.3 Å². The summed E-state index contributed by atoms with van der Waals surface area (Å²) in [6.07, 6.45) is 16.5. The van der Waals surface area contributed by atoms with Crippen LogP contribution in [0, 0.1) is 29.1 Å². The molecule has 9 rings (SSSR count). The summed E-state index contributed by atoms with van der Waals surface area (Å²) in [6, 6.07) is 9.91. The number of nitrogen functional groups attached to an aromatic ring is 1. The van der Waals surface area contributed by atoms with Crippen molar-refractivity contribution < 1.29 is 15.0 Å². The topological polar surface area (TPSA) is 142 Å². The third-order valence-electron chi connectivity index (χ3n) is 13.8. The second kappa shape index (κ2) is 11.4. The van der Waals surface area contributed by atoms with Crippen LogP contribution in [0.15, 0.2) is 42.7 Å². The van der Waals surface area contributed by atoms with E-state index >= 15 is 0 Å². The maximum Gasteiger partial charge on any atom is 0.306 e. The predicted octanol–water partition coefficient (Wildman–Crippen LogP) is 5.63. The van der Waals surface area contributed by atoms with E-state index in [1.165, 1.54) is 37.7 Å². The van der Waals surface area contributed by atoms with Crippen LogP contribution in [-0.4, -0.2) is 73.5 Å². The minimum atomic E-state index is -0.600. The van der Waals surface area contributed by atoms with Gasteiger partial charge in [0.1, 0.15) is 11.6 Å². The number of benzene rings is 1. The SMILES string of the molecule is Nc1nnc(-c2ccccc2O)cc1N1CC2CC3C(C1)CC3(c1ncc(C3CCN(C4CC5(CCC(C(=O)O)CC5)C4)CC3)cn1)C2. The van der Waals surface area contributed by atoms with Crippen LogP contribution in [-0.2, 0) is 10.2 Å². The first-order chi connectivity index (χ1) is 23.3. The molecule has 4 heterocycles. The molecule has 10 heteroatoms. The van der Waals surface area contributed by atoms with Crippen molar-refractivity contribution in [1.82, 2.24) is 25.1 Å². The molecule has 2 aliphatic heterocycles. The third-order valence-corrected chi connectivity index (χ3v) is 13.8. The number of carbonyl (C=O) groups is 1. The number of anilines is 2. The van der Waals surface area contributed by atoms with Gasteiger partial charge in [0.15, 0.2) is 5.82 Å². The largest absolute Gasteiger partial charge is 0.507 e. The molecule has 2 bridgehead atoms. The number of phenolic OH excluding ortho intramolecular Hbond substituents is 1. The number of likely N-dealkylation sites (tertiary alicyclic amines) is 1. The van der Waals surface area contributed by atoms with E-state index < -0.39 is 5.97 Å². The lowest BCUT2D eigenvalue weighted by Crippen LogP contribution is -2.54. The van der Waals surface area contributed by atoms with E-state index in [4.69, 9.17) is 15.7 Å². The highest BCUT2D eigenvalue weighted by Gasteiger charge is 2.63. The molecule has 0 radical (unpaired) electrons. The number of aromatic hydroxyl groups is 1. The zero-order valence-corrected chi connectivity index (χ0v) is 27.7. The standard InChI is InChI=1S/C38H47N7O3/c39-34-32(14-31(42-43-34)29-3-1-2-4-33(29)46)45-21-23-13-30-26(22-45)16-38(30,15-23)36-40-19-27(20-41-36)24-7-11-44(12-8-24)28-17-37(18-28)9-5-25(6-10-37)35(47)48/h1-4,14,19-20,23-26,28,30,46H,5-13,15-18,21-22H2,(H2,39,43)(H,47,48). The molecule has 6 aliphatic rings. The van der Waals surface area contributed by atoms with Gasteiger partial charge in [-0.1, -0.05) is 12.1 Å². The molecule has 48 heavy (non-hydrogen) atoms. The number of nitrogens with two attached hydrogens (primary N) is 1. The maximum atomic E-state index is 11.4. The number of hydrogen-bond donors (Lipinski definition) is 3. The monoisotopic (exact) mass is 649 g/mol. The molecular weight excluding hydrogens is 602 g/mol. The lowest BCUT2D eigenvalue weighted by atomic mass is 9.54. The fourth-order valence-corrected chi connectivity index (χ4v) is 11.2. The number of aliphatic carboxylic acids is 1. The molecule has 1 spiro atoms. The second-order valence-corrected chi connectivity index (χ2v) is 16.3. The maximum absolute atomic E-state index is 11.4. The molecule has 0 amide bonds.